The third kappa shape index (κ3) is 9.86. The summed E-state index contributed by atoms with van der Waals surface area (Å²) in [6.45, 7) is 18.5. The Morgan fingerprint density at radius 2 is 1.66 bits per heavy atom. The molecule has 1 fully saturated rings. The fourth-order valence-electron chi connectivity index (χ4n) is 4.13. The van der Waals surface area contributed by atoms with E-state index in [9.17, 15) is 9.90 Å². The molecule has 1 saturated heterocycles. The highest BCUT2D eigenvalue weighted by atomic mass is 16.5. The molecule has 7 heteroatoms. The van der Waals surface area contributed by atoms with Gasteiger partial charge in [-0.3, -0.25) is 14.4 Å². The zero-order valence-electron chi connectivity index (χ0n) is 24.8. The molecular formula is C31H48N4O3. The van der Waals surface area contributed by atoms with E-state index in [-0.39, 0.29) is 11.3 Å². The van der Waals surface area contributed by atoms with Gasteiger partial charge in [-0.2, -0.15) is 5.10 Å². The fraction of sp³-hybridized carbons (Fsp3) is 0.484. The van der Waals surface area contributed by atoms with Gasteiger partial charge in [-0.15, -0.1) is 0 Å². The standard InChI is InChI=1S/C23H26N4O3.C4H10.2C2H6/c1-15-20(14-26(2)25-15)21-4-3-11-27(21)13-16-5-7-17(8-6-16)30-18-9-10-19(23(24)29)22(28)12-18;1-4(2)3;2*1-2/h5-10,12,14,21,28H,3-4,11,13H2,1-2H3,(H2,24,29);4H,1-3H3;2*1-2H3. The lowest BCUT2D eigenvalue weighted by Gasteiger charge is -2.24. The predicted molar refractivity (Wildman–Crippen MR) is 157 cm³/mol. The quantitative estimate of drug-likeness (QED) is 0.351. The number of phenols is 1. The van der Waals surface area contributed by atoms with Crippen molar-refractivity contribution >= 4 is 5.91 Å². The highest BCUT2D eigenvalue weighted by Crippen LogP contribution is 2.35. The molecule has 1 aliphatic heterocycles. The molecule has 210 valence electrons. The molecule has 7 nitrogen and oxygen atoms in total. The maximum absolute atomic E-state index is 11.2. The number of ether oxygens (including phenoxy) is 1. The van der Waals surface area contributed by atoms with Crippen LogP contribution in [-0.2, 0) is 13.6 Å². The van der Waals surface area contributed by atoms with E-state index in [1.807, 2.05) is 51.6 Å². The largest absolute Gasteiger partial charge is 0.507 e. The van der Waals surface area contributed by atoms with E-state index >= 15 is 0 Å². The molecule has 3 aromatic rings. The van der Waals surface area contributed by atoms with Crippen LogP contribution in [0.2, 0.25) is 0 Å². The summed E-state index contributed by atoms with van der Waals surface area (Å²) in [5.41, 5.74) is 8.91. The Morgan fingerprint density at radius 1 is 1.08 bits per heavy atom. The summed E-state index contributed by atoms with van der Waals surface area (Å²) in [5, 5.41) is 14.4. The molecule has 4 rings (SSSR count). The van der Waals surface area contributed by atoms with Gasteiger partial charge in [-0.1, -0.05) is 60.6 Å². The van der Waals surface area contributed by atoms with Crippen LogP contribution in [0, 0.1) is 12.8 Å². The molecule has 0 spiro atoms. The van der Waals surface area contributed by atoms with Crippen molar-refractivity contribution in [1.82, 2.24) is 14.7 Å². The molecule has 3 N–H and O–H groups in total. The topological polar surface area (TPSA) is 93.6 Å². The maximum atomic E-state index is 11.2. The number of hydrogen-bond acceptors (Lipinski definition) is 5. The number of carbonyl (C=O) groups is 1. The Labute approximate surface area is 229 Å². The number of nitrogens with zero attached hydrogens (tertiary/aromatic N) is 3. The number of hydrogen-bond donors (Lipinski definition) is 2. The summed E-state index contributed by atoms with van der Waals surface area (Å²) < 4.78 is 7.68. The zero-order chi connectivity index (χ0) is 28.8. The van der Waals surface area contributed by atoms with Crippen molar-refractivity contribution in [2.45, 2.75) is 80.8 Å². The highest BCUT2D eigenvalue weighted by molar-refractivity contribution is 5.95. The molecule has 2 aromatic carbocycles. The lowest BCUT2D eigenvalue weighted by Crippen LogP contribution is -2.23. The molecule has 0 bridgehead atoms. The van der Waals surface area contributed by atoms with Gasteiger partial charge in [0.1, 0.15) is 17.2 Å². The van der Waals surface area contributed by atoms with Crippen molar-refractivity contribution in [2.24, 2.45) is 18.7 Å². The number of nitrogens with two attached hydrogens (primary N) is 1. The summed E-state index contributed by atoms with van der Waals surface area (Å²) in [7, 11) is 1.97. The minimum absolute atomic E-state index is 0.0710. The van der Waals surface area contributed by atoms with E-state index in [0.29, 0.717) is 17.5 Å². The van der Waals surface area contributed by atoms with Gasteiger partial charge in [0, 0.05) is 37.5 Å². The number of amides is 1. The van der Waals surface area contributed by atoms with Crippen molar-refractivity contribution in [1.29, 1.82) is 0 Å². The first-order valence-corrected chi connectivity index (χ1v) is 13.8. The number of aryl methyl sites for hydroxylation is 2. The van der Waals surface area contributed by atoms with Crippen LogP contribution >= 0.6 is 0 Å². The average Bonchev–Trinajstić information content (AvgIpc) is 3.47. The monoisotopic (exact) mass is 524 g/mol. The lowest BCUT2D eigenvalue weighted by molar-refractivity contribution is 0.0997. The molecule has 1 atom stereocenters. The van der Waals surface area contributed by atoms with Crippen LogP contribution in [0.5, 0.6) is 17.2 Å². The molecule has 38 heavy (non-hydrogen) atoms. The molecule has 1 aromatic heterocycles. The smallest absolute Gasteiger partial charge is 0.252 e. The summed E-state index contributed by atoms with van der Waals surface area (Å²) in [4.78, 5) is 13.7. The Hall–Kier alpha value is -3.32. The van der Waals surface area contributed by atoms with Crippen LogP contribution in [0.1, 0.15) is 94.5 Å². The van der Waals surface area contributed by atoms with Crippen LogP contribution in [0.3, 0.4) is 0 Å². The summed E-state index contributed by atoms with van der Waals surface area (Å²) >= 11 is 0. The number of aromatic hydroxyl groups is 1. The van der Waals surface area contributed by atoms with Gasteiger partial charge in [0.2, 0.25) is 0 Å². The predicted octanol–water partition coefficient (Wildman–Crippen LogP) is 7.38. The van der Waals surface area contributed by atoms with Crippen LogP contribution < -0.4 is 10.5 Å². The number of benzene rings is 2. The molecule has 0 saturated carbocycles. The molecule has 0 aliphatic carbocycles. The van der Waals surface area contributed by atoms with Gasteiger partial charge in [0.05, 0.1) is 11.3 Å². The molecule has 1 unspecified atom stereocenters. The first-order valence-electron chi connectivity index (χ1n) is 13.8. The second kappa shape index (κ2) is 16.5. The van der Waals surface area contributed by atoms with Gasteiger partial charge >= 0.3 is 0 Å². The maximum Gasteiger partial charge on any atom is 0.252 e. The minimum atomic E-state index is -0.676. The highest BCUT2D eigenvalue weighted by Gasteiger charge is 2.28. The summed E-state index contributed by atoms with van der Waals surface area (Å²) in [6.07, 6.45) is 4.47. The molecule has 1 amide bonds. The number of aromatic nitrogens is 2. The number of primary amides is 1. The van der Waals surface area contributed by atoms with E-state index in [4.69, 9.17) is 10.5 Å². The van der Waals surface area contributed by atoms with Crippen LogP contribution in [-0.4, -0.2) is 32.2 Å². The Balaban J connectivity index is 0.000000811. The summed E-state index contributed by atoms with van der Waals surface area (Å²) in [5.74, 6) is 1.07. The normalized spacial score (nSPS) is 14.4. The van der Waals surface area contributed by atoms with Crippen molar-refractivity contribution in [3.63, 3.8) is 0 Å². The van der Waals surface area contributed by atoms with Crippen LogP contribution in [0.4, 0.5) is 0 Å². The number of carbonyl (C=O) groups excluding carboxylic acids is 1. The first-order chi connectivity index (χ1) is 18.1. The Kier molecular flexibility index (Phi) is 14.2. The summed E-state index contributed by atoms with van der Waals surface area (Å²) in [6, 6.07) is 12.8. The van der Waals surface area contributed by atoms with Gasteiger partial charge < -0.3 is 15.6 Å². The molecular weight excluding hydrogens is 476 g/mol. The van der Waals surface area contributed by atoms with E-state index in [0.717, 1.165) is 31.1 Å². The van der Waals surface area contributed by atoms with Crippen LogP contribution in [0.25, 0.3) is 0 Å². The average molecular weight is 525 g/mol. The SMILES string of the molecule is CC.CC.CC(C)C.Cc1nn(C)cc1C1CCCN1Cc1ccc(Oc2ccc(C(N)=O)c(O)c2)cc1. The fourth-order valence-corrected chi connectivity index (χ4v) is 4.13. The zero-order valence-corrected chi connectivity index (χ0v) is 24.8. The third-order valence-corrected chi connectivity index (χ3v) is 5.55. The molecule has 2 heterocycles. The molecule has 0 radical (unpaired) electrons. The first kappa shape index (κ1) is 32.7. The van der Waals surface area contributed by atoms with E-state index in [1.54, 1.807) is 6.07 Å². The second-order valence-electron chi connectivity index (χ2n) is 9.49. The Bertz CT molecular complexity index is 1100. The molecule has 1 aliphatic rings. The Morgan fingerprint density at radius 3 is 2.16 bits per heavy atom. The third-order valence-electron chi connectivity index (χ3n) is 5.55. The van der Waals surface area contributed by atoms with E-state index < -0.39 is 5.91 Å². The van der Waals surface area contributed by atoms with Crippen molar-refractivity contribution in [2.75, 3.05) is 6.54 Å². The lowest BCUT2D eigenvalue weighted by atomic mass is 10.1. The van der Waals surface area contributed by atoms with Gasteiger partial charge in [-0.25, -0.2) is 0 Å². The van der Waals surface area contributed by atoms with Gasteiger partial charge in [0.25, 0.3) is 5.91 Å². The van der Waals surface area contributed by atoms with Gasteiger partial charge in [-0.05, 0) is 62.1 Å². The van der Waals surface area contributed by atoms with Crippen molar-refractivity contribution in [3.8, 4) is 17.2 Å². The van der Waals surface area contributed by atoms with Gasteiger partial charge in [0.15, 0.2) is 0 Å². The van der Waals surface area contributed by atoms with E-state index in [1.165, 1.54) is 29.7 Å². The van der Waals surface area contributed by atoms with Crippen molar-refractivity contribution < 1.29 is 14.6 Å². The number of rotatable bonds is 6. The minimum Gasteiger partial charge on any atom is -0.507 e. The van der Waals surface area contributed by atoms with Crippen LogP contribution in [0.15, 0.2) is 48.7 Å². The number of likely N-dealkylation sites (tertiary alicyclic amines) is 1. The van der Waals surface area contributed by atoms with E-state index in [2.05, 4.69) is 56.0 Å². The second-order valence-corrected chi connectivity index (χ2v) is 9.49. The van der Waals surface area contributed by atoms with Crippen molar-refractivity contribution in [3.05, 3.63) is 71.0 Å².